The molecule has 0 unspecified atom stereocenters. The van der Waals surface area contributed by atoms with Crippen LogP contribution in [0.5, 0.6) is 5.75 Å². The van der Waals surface area contributed by atoms with E-state index in [1.165, 1.54) is 7.11 Å². The summed E-state index contributed by atoms with van der Waals surface area (Å²) in [5, 5.41) is 8.48. The van der Waals surface area contributed by atoms with Crippen LogP contribution in [0.15, 0.2) is 34.6 Å². The van der Waals surface area contributed by atoms with Gasteiger partial charge in [-0.1, -0.05) is 33.2 Å². The maximum absolute atomic E-state index is 5.52. The minimum Gasteiger partial charge on any atom is -0.434 e. The molecule has 0 radical (unpaired) electrons. The second-order valence-electron chi connectivity index (χ2n) is 3.14. The van der Waals surface area contributed by atoms with Crippen LogP contribution >= 0.6 is 15.9 Å². The van der Waals surface area contributed by atoms with Gasteiger partial charge in [-0.3, -0.25) is 0 Å². The van der Waals surface area contributed by atoms with E-state index in [1.807, 2.05) is 24.3 Å². The highest BCUT2D eigenvalue weighted by Gasteiger charge is 2.28. The monoisotopic (exact) mass is 298 g/mol. The van der Waals surface area contributed by atoms with Crippen molar-refractivity contribution < 1.29 is 14.4 Å². The maximum atomic E-state index is 5.52. The molecule has 0 aromatic heterocycles. The highest BCUT2D eigenvalue weighted by atomic mass is 79.9. The summed E-state index contributed by atoms with van der Waals surface area (Å²) < 4.78 is 5.52. The van der Waals surface area contributed by atoms with Gasteiger partial charge in [-0.15, -0.1) is 0 Å². The molecule has 0 bridgehead atoms. The molecule has 1 aromatic carbocycles. The molecule has 0 atom stereocenters. The van der Waals surface area contributed by atoms with Crippen molar-refractivity contribution >= 4 is 27.5 Å². The number of halogens is 1. The second kappa shape index (κ2) is 5.67. The number of rotatable bonds is 4. The summed E-state index contributed by atoms with van der Waals surface area (Å²) >= 11 is 3.24. The van der Waals surface area contributed by atoms with Crippen LogP contribution in [0.2, 0.25) is 0 Å². The molecular formula is C11H11BrN2O3. The first-order valence-electron chi connectivity index (χ1n) is 5.01. The van der Waals surface area contributed by atoms with E-state index in [2.05, 4.69) is 26.2 Å². The van der Waals surface area contributed by atoms with E-state index in [-0.39, 0.29) is 0 Å². The molecule has 6 heteroatoms. The van der Waals surface area contributed by atoms with Gasteiger partial charge in [-0.2, -0.15) is 0 Å². The molecule has 0 fully saturated rings. The summed E-state index contributed by atoms with van der Waals surface area (Å²) in [7, 11) is 1.48. The minimum absolute atomic E-state index is 0.314. The first-order valence-corrected chi connectivity index (χ1v) is 6.13. The van der Waals surface area contributed by atoms with Gasteiger partial charge in [0.2, 0.25) is 0 Å². The van der Waals surface area contributed by atoms with Crippen LogP contribution in [-0.4, -0.2) is 30.7 Å². The number of para-hydroxylation sites is 1. The molecule has 17 heavy (non-hydrogen) atoms. The fourth-order valence-corrected chi connectivity index (χ4v) is 1.54. The fourth-order valence-electron chi connectivity index (χ4n) is 1.40. The van der Waals surface area contributed by atoms with Crippen molar-refractivity contribution in [3.8, 4) is 5.75 Å². The lowest BCUT2D eigenvalue weighted by molar-refractivity contribution is 0.157. The van der Waals surface area contributed by atoms with E-state index < -0.39 is 0 Å². The molecule has 5 nitrogen and oxygen atoms in total. The third kappa shape index (κ3) is 2.58. The molecule has 0 aliphatic carbocycles. The molecule has 0 spiro atoms. The Kier molecular flexibility index (Phi) is 3.98. The molecule has 0 N–H and O–H groups in total. The highest BCUT2D eigenvalue weighted by Crippen LogP contribution is 2.26. The molecule has 90 valence electrons. The lowest BCUT2D eigenvalue weighted by atomic mass is 10.1. The number of hydrogen-bond donors (Lipinski definition) is 0. The zero-order valence-electron chi connectivity index (χ0n) is 9.22. The van der Waals surface area contributed by atoms with Crippen LogP contribution in [0.25, 0.3) is 0 Å². The smallest absolute Gasteiger partial charge is 0.286 e. The summed E-state index contributed by atoms with van der Waals surface area (Å²) in [6.07, 6.45) is 0. The van der Waals surface area contributed by atoms with Crippen molar-refractivity contribution in [1.29, 1.82) is 0 Å². The SMILES string of the molecule is CON=C1/C(=N/OCCBr)Oc2ccccc21. The zero-order valence-corrected chi connectivity index (χ0v) is 10.8. The van der Waals surface area contributed by atoms with Gasteiger partial charge in [0.1, 0.15) is 19.5 Å². The number of benzene rings is 1. The number of alkyl halides is 1. The lowest BCUT2D eigenvalue weighted by Crippen LogP contribution is -2.14. The van der Waals surface area contributed by atoms with Crippen LogP contribution in [-0.2, 0) is 9.68 Å². The summed E-state index contributed by atoms with van der Waals surface area (Å²) in [6.45, 7) is 0.462. The van der Waals surface area contributed by atoms with E-state index in [1.54, 1.807) is 0 Å². The van der Waals surface area contributed by atoms with E-state index in [4.69, 9.17) is 14.4 Å². The molecule has 1 heterocycles. The normalized spacial score (nSPS) is 18.0. The largest absolute Gasteiger partial charge is 0.434 e. The summed E-state index contributed by atoms with van der Waals surface area (Å²) in [6, 6.07) is 7.51. The quantitative estimate of drug-likeness (QED) is 0.486. The van der Waals surface area contributed by atoms with Gasteiger partial charge in [0.25, 0.3) is 5.90 Å². The predicted octanol–water partition coefficient (Wildman–Crippen LogP) is 2.15. The van der Waals surface area contributed by atoms with Gasteiger partial charge >= 0.3 is 0 Å². The Morgan fingerprint density at radius 2 is 2.12 bits per heavy atom. The molecular weight excluding hydrogens is 288 g/mol. The van der Waals surface area contributed by atoms with Gasteiger partial charge in [-0.05, 0) is 17.3 Å². The van der Waals surface area contributed by atoms with Gasteiger partial charge in [0.15, 0.2) is 5.71 Å². The number of nitrogens with zero attached hydrogens (tertiary/aromatic N) is 2. The predicted molar refractivity (Wildman–Crippen MR) is 67.8 cm³/mol. The average molecular weight is 299 g/mol. The number of hydrogen-bond acceptors (Lipinski definition) is 5. The Bertz CT molecular complexity index is 460. The first kappa shape index (κ1) is 11.9. The van der Waals surface area contributed by atoms with Crippen LogP contribution in [0.3, 0.4) is 0 Å². The maximum Gasteiger partial charge on any atom is 0.286 e. The Morgan fingerprint density at radius 3 is 2.88 bits per heavy atom. The number of ether oxygens (including phenoxy) is 1. The Balaban J connectivity index is 2.27. The van der Waals surface area contributed by atoms with Crippen LogP contribution in [0.4, 0.5) is 0 Å². The van der Waals surface area contributed by atoms with Crippen LogP contribution in [0, 0.1) is 0 Å². The average Bonchev–Trinajstić information content (AvgIpc) is 2.69. The molecule has 2 rings (SSSR count). The third-order valence-electron chi connectivity index (χ3n) is 2.05. The molecule has 0 saturated carbocycles. The van der Waals surface area contributed by atoms with Gasteiger partial charge in [0.05, 0.1) is 5.56 Å². The van der Waals surface area contributed by atoms with E-state index in [9.17, 15) is 0 Å². The van der Waals surface area contributed by atoms with Gasteiger partial charge in [-0.25, -0.2) is 0 Å². The lowest BCUT2D eigenvalue weighted by Gasteiger charge is -1.98. The van der Waals surface area contributed by atoms with Crippen LogP contribution < -0.4 is 4.74 Å². The van der Waals surface area contributed by atoms with Crippen molar-refractivity contribution in [2.24, 2.45) is 10.3 Å². The van der Waals surface area contributed by atoms with Crippen LogP contribution in [0.1, 0.15) is 5.56 Å². The summed E-state index contributed by atoms with van der Waals surface area (Å²) in [4.78, 5) is 9.84. The third-order valence-corrected chi connectivity index (χ3v) is 2.37. The Morgan fingerprint density at radius 1 is 1.29 bits per heavy atom. The van der Waals surface area contributed by atoms with E-state index in [0.29, 0.717) is 29.3 Å². The molecule has 1 aliphatic rings. The van der Waals surface area contributed by atoms with E-state index >= 15 is 0 Å². The fraction of sp³-hybridized carbons (Fsp3) is 0.273. The second-order valence-corrected chi connectivity index (χ2v) is 3.93. The van der Waals surface area contributed by atoms with Crippen molar-refractivity contribution in [3.05, 3.63) is 29.8 Å². The summed E-state index contributed by atoms with van der Waals surface area (Å²) in [5.41, 5.74) is 1.38. The Hall–Kier alpha value is -1.56. The highest BCUT2D eigenvalue weighted by molar-refractivity contribution is 9.09. The van der Waals surface area contributed by atoms with E-state index in [0.717, 1.165) is 5.56 Å². The van der Waals surface area contributed by atoms with Gasteiger partial charge in [0, 0.05) is 5.33 Å². The van der Waals surface area contributed by atoms with Crippen molar-refractivity contribution in [2.75, 3.05) is 19.0 Å². The topological polar surface area (TPSA) is 52.4 Å². The van der Waals surface area contributed by atoms with Gasteiger partial charge < -0.3 is 14.4 Å². The molecule has 1 aromatic rings. The first-order chi connectivity index (χ1) is 8.36. The standard InChI is InChI=1S/C11H11BrN2O3/c1-15-13-10-8-4-2-3-5-9(8)17-11(10)14-16-7-6-12/h2-5H,6-7H2,1H3/b13-10?,14-11-. The summed E-state index contributed by atoms with van der Waals surface area (Å²) in [5.74, 6) is 1.01. The molecule has 0 saturated heterocycles. The molecule has 1 aliphatic heterocycles. The minimum atomic E-state index is 0.314. The number of fused-ring (bicyclic) bond motifs is 1. The van der Waals surface area contributed by atoms with Crippen molar-refractivity contribution in [3.63, 3.8) is 0 Å². The number of oxime groups is 2. The van der Waals surface area contributed by atoms with Crippen molar-refractivity contribution in [2.45, 2.75) is 0 Å². The van der Waals surface area contributed by atoms with Crippen molar-refractivity contribution in [1.82, 2.24) is 0 Å². The molecule has 0 amide bonds. The zero-order chi connectivity index (χ0) is 12.1. The Labute approximate surface area is 107 Å².